The standard InChI is InChI=1S/C44H25FN4/c45-32-17-15-30-23-31-24-38(37-8-4-22-47-44(37)43(31)49-40(30)25-32)36-19-18-33(34-6-1-2-7-35(34)36)26-9-11-27(12-10-26)39-20-16-29-14-13-28-5-3-21-46-41(28)42(29)48-39/h1-25H. The zero-order valence-electron chi connectivity index (χ0n) is 26.1. The van der Waals surface area contributed by atoms with Crippen LogP contribution >= 0.6 is 0 Å². The predicted molar refractivity (Wildman–Crippen MR) is 199 cm³/mol. The molecule has 4 aromatic heterocycles. The van der Waals surface area contributed by atoms with Gasteiger partial charge in [0.15, 0.2) is 0 Å². The molecular weight excluding hydrogens is 604 g/mol. The highest BCUT2D eigenvalue weighted by Crippen LogP contribution is 2.41. The average molecular weight is 629 g/mol. The first-order valence-corrected chi connectivity index (χ1v) is 16.2. The van der Waals surface area contributed by atoms with Gasteiger partial charge in [0.2, 0.25) is 0 Å². The summed E-state index contributed by atoms with van der Waals surface area (Å²) in [5.74, 6) is -0.300. The van der Waals surface area contributed by atoms with Crippen LogP contribution < -0.4 is 0 Å². The first-order chi connectivity index (χ1) is 24.2. The van der Waals surface area contributed by atoms with E-state index in [2.05, 4.69) is 114 Å². The summed E-state index contributed by atoms with van der Waals surface area (Å²) in [6.45, 7) is 0. The van der Waals surface area contributed by atoms with Gasteiger partial charge in [-0.15, -0.1) is 0 Å². The summed E-state index contributed by atoms with van der Waals surface area (Å²) < 4.78 is 14.1. The van der Waals surface area contributed by atoms with Crippen molar-refractivity contribution in [3.05, 3.63) is 158 Å². The third-order valence-corrected chi connectivity index (χ3v) is 9.57. The van der Waals surface area contributed by atoms with Gasteiger partial charge >= 0.3 is 0 Å². The second kappa shape index (κ2) is 10.7. The van der Waals surface area contributed by atoms with Crippen molar-refractivity contribution in [3.8, 4) is 33.5 Å². The largest absolute Gasteiger partial charge is 0.254 e. The predicted octanol–water partition coefficient (Wildman–Crippen LogP) is 11.3. The van der Waals surface area contributed by atoms with Crippen LogP contribution in [0.5, 0.6) is 0 Å². The van der Waals surface area contributed by atoms with Gasteiger partial charge in [0.05, 0.1) is 33.3 Å². The Morgan fingerprint density at radius 3 is 1.90 bits per heavy atom. The summed E-state index contributed by atoms with van der Waals surface area (Å²) in [5, 5.41) is 7.34. The fourth-order valence-electron chi connectivity index (χ4n) is 7.21. The Kier molecular flexibility index (Phi) is 6.02. The van der Waals surface area contributed by atoms with Crippen LogP contribution in [0.25, 0.3) is 98.8 Å². The molecule has 0 aliphatic rings. The van der Waals surface area contributed by atoms with Crippen molar-refractivity contribution in [1.82, 2.24) is 19.9 Å². The van der Waals surface area contributed by atoms with Crippen LogP contribution in [0, 0.1) is 5.82 Å². The third-order valence-electron chi connectivity index (χ3n) is 9.57. The van der Waals surface area contributed by atoms with Gasteiger partial charge < -0.3 is 0 Å². The van der Waals surface area contributed by atoms with Crippen LogP contribution in [0.2, 0.25) is 0 Å². The van der Waals surface area contributed by atoms with E-state index in [1.807, 2.05) is 18.3 Å². The molecule has 0 atom stereocenters. The van der Waals surface area contributed by atoms with Gasteiger partial charge in [-0.25, -0.2) is 14.4 Å². The van der Waals surface area contributed by atoms with Crippen molar-refractivity contribution in [2.75, 3.05) is 0 Å². The number of nitrogens with zero attached hydrogens (tertiary/aromatic N) is 4. The van der Waals surface area contributed by atoms with Crippen LogP contribution in [-0.2, 0) is 0 Å². The minimum atomic E-state index is -0.300. The molecule has 0 radical (unpaired) electrons. The molecule has 0 spiro atoms. The molecule has 10 aromatic rings. The number of hydrogen-bond donors (Lipinski definition) is 0. The molecule has 0 fully saturated rings. The molecule has 6 aromatic carbocycles. The quantitative estimate of drug-likeness (QED) is 0.144. The molecule has 49 heavy (non-hydrogen) atoms. The van der Waals surface area contributed by atoms with Gasteiger partial charge in [-0.2, -0.15) is 0 Å². The highest BCUT2D eigenvalue weighted by Gasteiger charge is 2.16. The minimum Gasteiger partial charge on any atom is -0.254 e. The topological polar surface area (TPSA) is 51.6 Å². The lowest BCUT2D eigenvalue weighted by molar-refractivity contribution is 0.629. The zero-order valence-corrected chi connectivity index (χ0v) is 26.1. The maximum atomic E-state index is 14.1. The second-order valence-corrected chi connectivity index (χ2v) is 12.4. The number of rotatable bonds is 3. The van der Waals surface area contributed by atoms with Crippen molar-refractivity contribution in [3.63, 3.8) is 0 Å². The number of benzene rings is 6. The summed E-state index contributed by atoms with van der Waals surface area (Å²) in [4.78, 5) is 19.3. The number of halogens is 1. The smallest absolute Gasteiger partial charge is 0.125 e. The summed E-state index contributed by atoms with van der Waals surface area (Å²) in [7, 11) is 0. The van der Waals surface area contributed by atoms with Crippen molar-refractivity contribution < 1.29 is 4.39 Å². The first kappa shape index (κ1) is 27.5. The Bertz CT molecular complexity index is 2950. The highest BCUT2D eigenvalue weighted by atomic mass is 19.1. The van der Waals surface area contributed by atoms with Crippen molar-refractivity contribution in [2.45, 2.75) is 0 Å². The summed E-state index contributed by atoms with van der Waals surface area (Å²) in [5.41, 5.74) is 10.5. The van der Waals surface area contributed by atoms with Crippen molar-refractivity contribution in [2.24, 2.45) is 0 Å². The molecular formula is C44H25FN4. The van der Waals surface area contributed by atoms with E-state index in [-0.39, 0.29) is 5.82 Å². The van der Waals surface area contributed by atoms with Crippen LogP contribution in [0.3, 0.4) is 0 Å². The molecule has 0 amide bonds. The zero-order chi connectivity index (χ0) is 32.5. The molecule has 10 rings (SSSR count). The molecule has 4 nitrogen and oxygen atoms in total. The number of fused-ring (bicyclic) bond motifs is 8. The van der Waals surface area contributed by atoms with E-state index in [1.54, 1.807) is 12.3 Å². The molecule has 0 N–H and O–H groups in total. The summed E-state index contributed by atoms with van der Waals surface area (Å²) in [6, 6.07) is 47.1. The lowest BCUT2D eigenvalue weighted by Gasteiger charge is -2.15. The maximum absolute atomic E-state index is 14.1. The lowest BCUT2D eigenvalue weighted by Crippen LogP contribution is -1.92. The molecule has 0 aliphatic heterocycles. The van der Waals surface area contributed by atoms with E-state index >= 15 is 0 Å². The Morgan fingerprint density at radius 2 is 1.04 bits per heavy atom. The highest BCUT2D eigenvalue weighted by molar-refractivity contribution is 6.16. The average Bonchev–Trinajstić information content (AvgIpc) is 3.16. The van der Waals surface area contributed by atoms with Crippen LogP contribution in [0.15, 0.2) is 152 Å². The molecule has 4 heterocycles. The maximum Gasteiger partial charge on any atom is 0.125 e. The summed E-state index contributed by atoms with van der Waals surface area (Å²) >= 11 is 0. The SMILES string of the molecule is Fc1ccc2cc3cc(-c4ccc(-c5ccc(-c6ccc7ccc8cccnc8c7n6)cc5)c5ccccc45)c4cccnc4c3nc2c1. The van der Waals surface area contributed by atoms with E-state index in [4.69, 9.17) is 15.0 Å². The van der Waals surface area contributed by atoms with E-state index in [0.29, 0.717) is 5.52 Å². The fraction of sp³-hybridized carbons (Fsp3) is 0. The molecule has 0 unspecified atom stereocenters. The van der Waals surface area contributed by atoms with Crippen molar-refractivity contribution >= 4 is 65.3 Å². The normalized spacial score (nSPS) is 11.8. The molecule has 0 bridgehead atoms. The van der Waals surface area contributed by atoms with Gasteiger partial charge in [0, 0.05) is 51.0 Å². The van der Waals surface area contributed by atoms with Gasteiger partial charge in [-0.3, -0.25) is 9.97 Å². The molecule has 5 heteroatoms. The number of aromatic nitrogens is 4. The number of pyridine rings is 4. The van der Waals surface area contributed by atoms with Gasteiger partial charge in [0.25, 0.3) is 0 Å². The Labute approximate surface area is 280 Å². The minimum absolute atomic E-state index is 0.300. The Balaban J connectivity index is 1.10. The molecule has 0 saturated heterocycles. The molecule has 228 valence electrons. The number of hydrogen-bond acceptors (Lipinski definition) is 4. The monoisotopic (exact) mass is 628 g/mol. The van der Waals surface area contributed by atoms with Crippen molar-refractivity contribution in [1.29, 1.82) is 0 Å². The van der Waals surface area contributed by atoms with E-state index in [1.165, 1.54) is 17.5 Å². The summed E-state index contributed by atoms with van der Waals surface area (Å²) in [6.07, 6.45) is 3.61. The van der Waals surface area contributed by atoms with Gasteiger partial charge in [-0.05, 0) is 75.5 Å². The first-order valence-electron chi connectivity index (χ1n) is 16.2. The van der Waals surface area contributed by atoms with Crippen LogP contribution in [0.4, 0.5) is 4.39 Å². The molecule has 0 saturated carbocycles. The molecule has 0 aliphatic carbocycles. The Morgan fingerprint density at radius 1 is 0.388 bits per heavy atom. The van der Waals surface area contributed by atoms with Crippen LogP contribution in [0.1, 0.15) is 0 Å². The van der Waals surface area contributed by atoms with E-state index in [0.717, 1.165) is 87.9 Å². The van der Waals surface area contributed by atoms with Gasteiger partial charge in [0.1, 0.15) is 5.82 Å². The Hall–Kier alpha value is -6.59. The third kappa shape index (κ3) is 4.44. The lowest BCUT2D eigenvalue weighted by atomic mass is 9.89. The second-order valence-electron chi connectivity index (χ2n) is 12.4. The van der Waals surface area contributed by atoms with Crippen LogP contribution in [-0.4, -0.2) is 19.9 Å². The van der Waals surface area contributed by atoms with E-state index in [9.17, 15) is 4.39 Å². The van der Waals surface area contributed by atoms with Gasteiger partial charge in [-0.1, -0.05) is 91.0 Å². The fourth-order valence-corrected chi connectivity index (χ4v) is 7.21. The van der Waals surface area contributed by atoms with E-state index < -0.39 is 0 Å².